The zero-order valence-electron chi connectivity index (χ0n) is 26.9. The van der Waals surface area contributed by atoms with E-state index in [2.05, 4.69) is 19.9 Å². The summed E-state index contributed by atoms with van der Waals surface area (Å²) in [5, 5.41) is 3.70. The third-order valence-electron chi connectivity index (χ3n) is 8.89. The Bertz CT molecular complexity index is 1900. The lowest BCUT2D eigenvalue weighted by Crippen LogP contribution is -2.48. The van der Waals surface area contributed by atoms with Crippen LogP contribution in [0.15, 0.2) is 82.1 Å². The molecule has 2 aliphatic rings. The number of sulfone groups is 1. The summed E-state index contributed by atoms with van der Waals surface area (Å²) in [6.45, 7) is 5.15. The maximum absolute atomic E-state index is 13.3. The second-order valence-corrected chi connectivity index (χ2v) is 14.6. The number of piperazine rings is 1. The van der Waals surface area contributed by atoms with Crippen LogP contribution in [-0.2, 0) is 22.9 Å². The predicted octanol–water partition coefficient (Wildman–Crippen LogP) is 5.09. The molecular weight excluding hydrogens is 661 g/mol. The van der Waals surface area contributed by atoms with E-state index in [0.717, 1.165) is 11.1 Å². The first kappa shape index (κ1) is 34.5. The molecule has 14 heteroatoms. The Hall–Kier alpha value is -4.40. The van der Waals surface area contributed by atoms with Crippen molar-refractivity contribution in [2.45, 2.75) is 43.2 Å². The number of benzene rings is 3. The lowest BCUT2D eigenvalue weighted by molar-refractivity contribution is -0.274. The fraction of sp³-hybridized carbons (Fsp3) is 0.371. The molecule has 3 aromatic carbocycles. The number of ether oxygens (including phenoxy) is 1. The van der Waals surface area contributed by atoms with Gasteiger partial charge in [0.25, 0.3) is 11.8 Å². The molecule has 2 aliphatic heterocycles. The Morgan fingerprint density at radius 2 is 1.43 bits per heavy atom. The minimum Gasteiger partial charge on any atom is -0.451 e. The van der Waals surface area contributed by atoms with E-state index in [9.17, 15) is 31.2 Å². The molecule has 49 heavy (non-hydrogen) atoms. The number of hydrogen-bond acceptors (Lipinski definition) is 8. The van der Waals surface area contributed by atoms with Crippen molar-refractivity contribution in [2.75, 3.05) is 45.5 Å². The minimum absolute atomic E-state index is 0.0535. The van der Waals surface area contributed by atoms with E-state index in [-0.39, 0.29) is 29.4 Å². The normalized spacial score (nSPS) is 16.9. The first-order valence-corrected chi connectivity index (χ1v) is 17.9. The van der Waals surface area contributed by atoms with Crippen LogP contribution in [0.3, 0.4) is 0 Å². The van der Waals surface area contributed by atoms with Crippen molar-refractivity contribution in [1.29, 1.82) is 0 Å². The van der Waals surface area contributed by atoms with Gasteiger partial charge in [-0.15, -0.1) is 13.2 Å². The Labute approximate surface area is 282 Å². The lowest BCUT2D eigenvalue weighted by Gasteiger charge is -2.34. The van der Waals surface area contributed by atoms with Crippen molar-refractivity contribution >= 4 is 32.6 Å². The van der Waals surface area contributed by atoms with E-state index in [1.54, 1.807) is 48.5 Å². The molecule has 2 amide bonds. The Balaban J connectivity index is 0.969. The van der Waals surface area contributed by atoms with Gasteiger partial charge in [-0.1, -0.05) is 24.3 Å². The third-order valence-corrected chi connectivity index (χ3v) is 10.0. The molecule has 0 unspecified atom stereocenters. The maximum Gasteiger partial charge on any atom is 0.573 e. The van der Waals surface area contributed by atoms with Crippen LogP contribution >= 0.6 is 0 Å². The molecule has 2 saturated heterocycles. The van der Waals surface area contributed by atoms with Gasteiger partial charge in [-0.2, -0.15) is 0 Å². The van der Waals surface area contributed by atoms with Crippen molar-refractivity contribution in [3.05, 3.63) is 95.2 Å². The van der Waals surface area contributed by atoms with Crippen molar-refractivity contribution < 1.29 is 40.3 Å². The largest absolute Gasteiger partial charge is 0.573 e. The quantitative estimate of drug-likeness (QED) is 0.258. The van der Waals surface area contributed by atoms with Gasteiger partial charge in [-0.3, -0.25) is 19.4 Å². The summed E-state index contributed by atoms with van der Waals surface area (Å²) < 4.78 is 70.4. The number of furan rings is 1. The maximum atomic E-state index is 13.3. The van der Waals surface area contributed by atoms with Gasteiger partial charge < -0.3 is 19.4 Å². The summed E-state index contributed by atoms with van der Waals surface area (Å²) in [5.41, 5.74) is 2.90. The van der Waals surface area contributed by atoms with Crippen molar-refractivity contribution in [3.63, 3.8) is 0 Å². The molecule has 6 rings (SSSR count). The highest BCUT2D eigenvalue weighted by Crippen LogP contribution is 2.25. The number of piperidine rings is 1. The minimum atomic E-state index is -4.72. The van der Waals surface area contributed by atoms with E-state index in [1.165, 1.54) is 18.4 Å². The summed E-state index contributed by atoms with van der Waals surface area (Å²) in [7, 11) is -3.24. The average molecular weight is 699 g/mol. The first-order valence-electron chi connectivity index (χ1n) is 16.0. The third kappa shape index (κ3) is 8.99. The number of nitrogens with zero attached hydrogens (tertiary/aromatic N) is 3. The van der Waals surface area contributed by atoms with Crippen LogP contribution in [0.4, 0.5) is 13.2 Å². The second kappa shape index (κ2) is 14.2. The monoisotopic (exact) mass is 698 g/mol. The van der Waals surface area contributed by atoms with Crippen molar-refractivity contribution in [1.82, 2.24) is 20.0 Å². The molecule has 0 bridgehead atoms. The molecule has 0 radical (unpaired) electrons. The summed E-state index contributed by atoms with van der Waals surface area (Å²) >= 11 is 0. The number of fused-ring (bicyclic) bond motifs is 1. The number of amides is 2. The van der Waals surface area contributed by atoms with Crippen LogP contribution in [0.2, 0.25) is 0 Å². The van der Waals surface area contributed by atoms with Gasteiger partial charge in [0.1, 0.15) is 11.3 Å². The van der Waals surface area contributed by atoms with Gasteiger partial charge in [-0.05, 0) is 72.5 Å². The lowest BCUT2D eigenvalue weighted by atomic mass is 10.0. The molecule has 260 valence electrons. The predicted molar refractivity (Wildman–Crippen MR) is 176 cm³/mol. The van der Waals surface area contributed by atoms with Crippen LogP contribution < -0.4 is 10.1 Å². The standard InChI is InChI=1S/C35H37F3N4O6S/c1-49(45,46)30-9-4-25(5-10-30)23-41-16-18-42(19-17-41)34(44)26-6-11-31-27(20-26)21-32(47-31)33(43)39-28-12-14-40(15-13-28)22-24-2-7-29(8-3-24)48-35(36,37)38/h2-11,20-21,28H,12-19,22-23H2,1H3,(H,39,43). The van der Waals surface area contributed by atoms with E-state index in [0.29, 0.717) is 86.6 Å². The molecule has 1 aromatic heterocycles. The number of halogens is 3. The van der Waals surface area contributed by atoms with Crippen molar-refractivity contribution in [3.8, 4) is 5.75 Å². The molecule has 10 nitrogen and oxygen atoms in total. The Morgan fingerprint density at radius 1 is 0.837 bits per heavy atom. The van der Waals surface area contributed by atoms with Gasteiger partial charge in [0.2, 0.25) is 0 Å². The molecule has 0 spiro atoms. The molecule has 0 saturated carbocycles. The van der Waals surface area contributed by atoms with Crippen LogP contribution in [-0.4, -0.2) is 92.9 Å². The number of carbonyl (C=O) groups excluding carboxylic acids is 2. The zero-order valence-corrected chi connectivity index (χ0v) is 27.7. The van der Waals surface area contributed by atoms with E-state index < -0.39 is 16.2 Å². The van der Waals surface area contributed by atoms with E-state index in [4.69, 9.17) is 4.42 Å². The van der Waals surface area contributed by atoms with Crippen LogP contribution in [0.25, 0.3) is 11.0 Å². The highest BCUT2D eigenvalue weighted by atomic mass is 32.2. The fourth-order valence-corrected chi connectivity index (χ4v) is 6.86. The molecule has 2 fully saturated rings. The van der Waals surface area contributed by atoms with Crippen LogP contribution in [0.5, 0.6) is 5.75 Å². The number of likely N-dealkylation sites (tertiary alicyclic amines) is 1. The number of carbonyl (C=O) groups is 2. The number of nitrogens with one attached hydrogen (secondary N) is 1. The highest BCUT2D eigenvalue weighted by Gasteiger charge is 2.31. The summed E-state index contributed by atoms with van der Waals surface area (Å²) in [5.74, 6) is -0.509. The van der Waals surface area contributed by atoms with Gasteiger partial charge >= 0.3 is 6.36 Å². The van der Waals surface area contributed by atoms with Crippen LogP contribution in [0.1, 0.15) is 44.9 Å². The summed E-state index contributed by atoms with van der Waals surface area (Å²) in [6.07, 6.45) is -2.12. The second-order valence-electron chi connectivity index (χ2n) is 12.6. The van der Waals surface area contributed by atoms with E-state index in [1.807, 2.05) is 17.0 Å². The smallest absolute Gasteiger partial charge is 0.451 e. The first-order chi connectivity index (χ1) is 23.3. The van der Waals surface area contributed by atoms with Gasteiger partial charge in [0.15, 0.2) is 15.6 Å². The Morgan fingerprint density at radius 3 is 2.02 bits per heavy atom. The summed E-state index contributed by atoms with van der Waals surface area (Å²) in [4.78, 5) is 32.9. The average Bonchev–Trinajstić information content (AvgIpc) is 3.50. The van der Waals surface area contributed by atoms with Gasteiger partial charge in [0.05, 0.1) is 4.90 Å². The summed E-state index contributed by atoms with van der Waals surface area (Å²) in [6, 6.07) is 19.5. The fourth-order valence-electron chi connectivity index (χ4n) is 6.23. The highest BCUT2D eigenvalue weighted by molar-refractivity contribution is 7.90. The number of alkyl halides is 3. The number of hydrogen-bond donors (Lipinski definition) is 1. The van der Waals surface area contributed by atoms with Gasteiger partial charge in [0, 0.05) is 75.6 Å². The molecule has 1 N–H and O–H groups in total. The SMILES string of the molecule is CS(=O)(=O)c1ccc(CN2CCN(C(=O)c3ccc4oc(C(=O)NC5CCN(Cc6ccc(OC(F)(F)F)cc6)CC5)cc4c3)CC2)cc1. The van der Waals surface area contributed by atoms with Crippen LogP contribution in [0, 0.1) is 0 Å². The number of rotatable bonds is 9. The topological polar surface area (TPSA) is 112 Å². The molecular formula is C35H37F3N4O6S. The molecule has 4 aromatic rings. The zero-order chi connectivity index (χ0) is 34.8. The van der Waals surface area contributed by atoms with E-state index >= 15 is 0 Å². The molecule has 0 atom stereocenters. The Kier molecular flexibility index (Phi) is 10.00. The molecule has 3 heterocycles. The van der Waals surface area contributed by atoms with Crippen molar-refractivity contribution in [2.24, 2.45) is 0 Å². The van der Waals surface area contributed by atoms with Gasteiger partial charge in [-0.25, -0.2) is 8.42 Å². The molecule has 0 aliphatic carbocycles.